The number of fused-ring (bicyclic) bond motifs is 1. The van der Waals surface area contributed by atoms with Gasteiger partial charge < -0.3 is 10.1 Å². The molecule has 3 rings (SSSR count). The van der Waals surface area contributed by atoms with Gasteiger partial charge in [0.25, 0.3) is 0 Å². The first kappa shape index (κ1) is 13.1. The maximum Gasteiger partial charge on any atom is 0.412 e. The van der Waals surface area contributed by atoms with Crippen LogP contribution >= 0.6 is 0 Å². The highest BCUT2D eigenvalue weighted by atomic mass is 16.5. The van der Waals surface area contributed by atoms with Crippen LogP contribution < -0.4 is 10.1 Å². The molecule has 0 bridgehead atoms. The average Bonchev–Trinajstić information content (AvgIpc) is 2.54. The number of nitrogens with zero attached hydrogens (tertiary/aromatic N) is 1. The van der Waals surface area contributed by atoms with E-state index in [4.69, 9.17) is 4.74 Å². The standard InChI is InChI=1S/C17H14N2O2/c20-17(21-15-9-2-1-3-10-15)19-12-14-7-4-6-13-8-5-11-18-16(13)14/h1-11H,12H2,(H,19,20). The Morgan fingerprint density at radius 3 is 2.67 bits per heavy atom. The summed E-state index contributed by atoms with van der Waals surface area (Å²) in [4.78, 5) is 16.1. The van der Waals surface area contributed by atoms with Gasteiger partial charge in [0.1, 0.15) is 5.75 Å². The molecule has 1 aromatic heterocycles. The molecule has 4 nitrogen and oxygen atoms in total. The summed E-state index contributed by atoms with van der Waals surface area (Å²) in [5, 5.41) is 3.79. The Hall–Kier alpha value is -2.88. The van der Waals surface area contributed by atoms with Crippen LogP contribution in [-0.2, 0) is 6.54 Å². The second-order valence-electron chi connectivity index (χ2n) is 4.55. The smallest absolute Gasteiger partial charge is 0.410 e. The molecule has 21 heavy (non-hydrogen) atoms. The highest BCUT2D eigenvalue weighted by molar-refractivity contribution is 5.82. The van der Waals surface area contributed by atoms with E-state index < -0.39 is 6.09 Å². The quantitative estimate of drug-likeness (QED) is 0.797. The minimum absolute atomic E-state index is 0.375. The third-order valence-corrected chi connectivity index (χ3v) is 3.09. The number of aromatic nitrogens is 1. The number of carbonyl (C=O) groups excluding carboxylic acids is 1. The number of benzene rings is 2. The van der Waals surface area contributed by atoms with Crippen LogP contribution in [0.25, 0.3) is 10.9 Å². The minimum atomic E-state index is -0.478. The van der Waals surface area contributed by atoms with Crippen LogP contribution in [0.1, 0.15) is 5.56 Å². The number of ether oxygens (including phenoxy) is 1. The average molecular weight is 278 g/mol. The fourth-order valence-electron chi connectivity index (χ4n) is 2.11. The normalized spacial score (nSPS) is 10.3. The van der Waals surface area contributed by atoms with Gasteiger partial charge in [0, 0.05) is 18.1 Å². The van der Waals surface area contributed by atoms with Crippen molar-refractivity contribution >= 4 is 17.0 Å². The zero-order valence-corrected chi connectivity index (χ0v) is 11.3. The Kier molecular flexibility index (Phi) is 3.78. The van der Waals surface area contributed by atoms with Gasteiger partial charge in [-0.1, -0.05) is 42.5 Å². The number of amides is 1. The minimum Gasteiger partial charge on any atom is -0.410 e. The summed E-state index contributed by atoms with van der Waals surface area (Å²) in [7, 11) is 0. The third-order valence-electron chi connectivity index (χ3n) is 3.09. The lowest BCUT2D eigenvalue weighted by molar-refractivity contribution is 0.200. The number of hydrogen-bond acceptors (Lipinski definition) is 3. The molecule has 0 unspecified atom stereocenters. The summed E-state index contributed by atoms with van der Waals surface area (Å²) in [5.41, 5.74) is 1.85. The number of para-hydroxylation sites is 2. The fraction of sp³-hybridized carbons (Fsp3) is 0.0588. The van der Waals surface area contributed by atoms with Crippen molar-refractivity contribution in [3.63, 3.8) is 0 Å². The van der Waals surface area contributed by atoms with E-state index in [-0.39, 0.29) is 0 Å². The maximum absolute atomic E-state index is 11.8. The second kappa shape index (κ2) is 6.05. The lowest BCUT2D eigenvalue weighted by Gasteiger charge is -2.08. The summed E-state index contributed by atoms with van der Waals surface area (Å²) in [6.45, 7) is 0.375. The SMILES string of the molecule is O=C(NCc1cccc2cccnc12)Oc1ccccc1. The lowest BCUT2D eigenvalue weighted by atomic mass is 10.1. The van der Waals surface area contributed by atoms with Crippen LogP contribution in [0.2, 0.25) is 0 Å². The van der Waals surface area contributed by atoms with E-state index in [1.165, 1.54) is 0 Å². The number of rotatable bonds is 3. The van der Waals surface area contributed by atoms with E-state index in [0.29, 0.717) is 12.3 Å². The molecule has 1 heterocycles. The lowest BCUT2D eigenvalue weighted by Crippen LogP contribution is -2.26. The van der Waals surface area contributed by atoms with Gasteiger partial charge in [-0.2, -0.15) is 0 Å². The second-order valence-corrected chi connectivity index (χ2v) is 4.55. The van der Waals surface area contributed by atoms with Gasteiger partial charge in [-0.25, -0.2) is 4.79 Å². The Labute approximate surface area is 122 Å². The van der Waals surface area contributed by atoms with Crippen molar-refractivity contribution in [3.8, 4) is 5.75 Å². The van der Waals surface area contributed by atoms with Crippen molar-refractivity contribution in [2.24, 2.45) is 0 Å². The van der Waals surface area contributed by atoms with Crippen LogP contribution in [0.5, 0.6) is 5.75 Å². The highest BCUT2D eigenvalue weighted by Gasteiger charge is 2.06. The van der Waals surface area contributed by atoms with Crippen molar-refractivity contribution < 1.29 is 9.53 Å². The number of pyridine rings is 1. The molecule has 0 saturated heterocycles. The number of nitrogens with one attached hydrogen (secondary N) is 1. The Morgan fingerprint density at radius 2 is 1.81 bits per heavy atom. The van der Waals surface area contributed by atoms with Crippen LogP contribution in [0.3, 0.4) is 0 Å². The zero-order valence-electron chi connectivity index (χ0n) is 11.3. The van der Waals surface area contributed by atoms with E-state index in [0.717, 1.165) is 16.5 Å². The summed E-state index contributed by atoms with van der Waals surface area (Å²) in [6.07, 6.45) is 1.27. The van der Waals surface area contributed by atoms with Crippen LogP contribution in [-0.4, -0.2) is 11.1 Å². The van der Waals surface area contributed by atoms with E-state index in [1.54, 1.807) is 18.3 Å². The van der Waals surface area contributed by atoms with Crippen molar-refractivity contribution in [1.82, 2.24) is 10.3 Å². The molecule has 0 spiro atoms. The summed E-state index contributed by atoms with van der Waals surface area (Å²) >= 11 is 0. The zero-order chi connectivity index (χ0) is 14.5. The highest BCUT2D eigenvalue weighted by Crippen LogP contribution is 2.15. The monoisotopic (exact) mass is 278 g/mol. The molecule has 3 aromatic rings. The summed E-state index contributed by atoms with van der Waals surface area (Å²) < 4.78 is 5.18. The molecule has 0 aliphatic rings. The van der Waals surface area contributed by atoms with Gasteiger partial charge in [0.05, 0.1) is 5.52 Å². The first-order valence-electron chi connectivity index (χ1n) is 6.66. The molecular formula is C17H14N2O2. The molecule has 0 radical (unpaired) electrons. The Morgan fingerprint density at radius 1 is 1.00 bits per heavy atom. The van der Waals surface area contributed by atoms with Gasteiger partial charge >= 0.3 is 6.09 Å². The Balaban J connectivity index is 1.68. The van der Waals surface area contributed by atoms with Crippen LogP contribution in [0.15, 0.2) is 66.9 Å². The predicted molar refractivity (Wildman–Crippen MR) is 81.0 cm³/mol. The fourth-order valence-corrected chi connectivity index (χ4v) is 2.11. The number of carbonyl (C=O) groups is 1. The number of hydrogen-bond donors (Lipinski definition) is 1. The third kappa shape index (κ3) is 3.17. The van der Waals surface area contributed by atoms with E-state index in [9.17, 15) is 4.79 Å². The first-order chi connectivity index (χ1) is 10.3. The molecule has 104 valence electrons. The molecular weight excluding hydrogens is 264 g/mol. The molecule has 1 amide bonds. The van der Waals surface area contributed by atoms with Crippen molar-refractivity contribution in [2.75, 3.05) is 0 Å². The van der Waals surface area contributed by atoms with Gasteiger partial charge in [-0.15, -0.1) is 0 Å². The molecule has 0 aliphatic heterocycles. The Bertz CT molecular complexity index is 752. The molecule has 0 atom stereocenters. The van der Waals surface area contributed by atoms with Gasteiger partial charge in [0.15, 0.2) is 0 Å². The van der Waals surface area contributed by atoms with Gasteiger partial charge in [0.2, 0.25) is 0 Å². The van der Waals surface area contributed by atoms with Crippen molar-refractivity contribution in [1.29, 1.82) is 0 Å². The predicted octanol–water partition coefficient (Wildman–Crippen LogP) is 3.52. The molecule has 0 fully saturated rings. The molecule has 0 saturated carbocycles. The van der Waals surface area contributed by atoms with E-state index in [2.05, 4.69) is 10.3 Å². The van der Waals surface area contributed by atoms with Gasteiger partial charge in [-0.05, 0) is 23.8 Å². The maximum atomic E-state index is 11.8. The van der Waals surface area contributed by atoms with Gasteiger partial charge in [-0.3, -0.25) is 4.98 Å². The summed E-state index contributed by atoms with van der Waals surface area (Å²) in [6, 6.07) is 18.7. The van der Waals surface area contributed by atoms with Crippen molar-refractivity contribution in [2.45, 2.75) is 6.54 Å². The first-order valence-corrected chi connectivity index (χ1v) is 6.66. The van der Waals surface area contributed by atoms with Crippen LogP contribution in [0.4, 0.5) is 4.79 Å². The van der Waals surface area contributed by atoms with E-state index >= 15 is 0 Å². The topological polar surface area (TPSA) is 51.2 Å². The molecule has 4 heteroatoms. The largest absolute Gasteiger partial charge is 0.412 e. The molecule has 1 N–H and O–H groups in total. The van der Waals surface area contributed by atoms with Crippen molar-refractivity contribution in [3.05, 3.63) is 72.4 Å². The van der Waals surface area contributed by atoms with Crippen LogP contribution in [0, 0.1) is 0 Å². The molecule has 0 aliphatic carbocycles. The summed E-state index contributed by atoms with van der Waals surface area (Å²) in [5.74, 6) is 0.519. The van der Waals surface area contributed by atoms with E-state index in [1.807, 2.05) is 48.5 Å². The molecule has 2 aromatic carbocycles.